The van der Waals surface area contributed by atoms with E-state index in [0.29, 0.717) is 0 Å². The lowest BCUT2D eigenvalue weighted by atomic mass is 10.5. The fourth-order valence-corrected chi connectivity index (χ4v) is 0.368. The van der Waals surface area contributed by atoms with Crippen molar-refractivity contribution in [3.8, 4) is 0 Å². The standard InChI is InChI=1S/C5H10N2O3/c1-10-3-5(9)7-2-4(6)8/h2-3H2,1H3,(H2,6,8)(H,7,9). The number of carbonyl (C=O) groups excluding carboxylic acids is 2. The van der Waals surface area contributed by atoms with Gasteiger partial charge in [0.25, 0.3) is 0 Å². The van der Waals surface area contributed by atoms with Crippen LogP contribution in [0.15, 0.2) is 0 Å². The van der Waals surface area contributed by atoms with Crippen LogP contribution in [0.25, 0.3) is 0 Å². The highest BCUT2D eigenvalue weighted by Crippen LogP contribution is 1.67. The number of carbonyl (C=O) groups is 2. The molecule has 5 nitrogen and oxygen atoms in total. The van der Waals surface area contributed by atoms with Gasteiger partial charge in [-0.2, -0.15) is 0 Å². The summed E-state index contributed by atoms with van der Waals surface area (Å²) >= 11 is 0. The summed E-state index contributed by atoms with van der Waals surface area (Å²) in [5.41, 5.74) is 4.74. The molecule has 3 N–H and O–H groups in total. The fourth-order valence-electron chi connectivity index (χ4n) is 0.368. The number of rotatable bonds is 4. The molecule has 0 atom stereocenters. The second kappa shape index (κ2) is 4.75. The normalized spacial score (nSPS) is 8.90. The van der Waals surface area contributed by atoms with E-state index in [0.717, 1.165) is 0 Å². The molecule has 0 bridgehead atoms. The molecule has 0 rings (SSSR count). The van der Waals surface area contributed by atoms with Crippen molar-refractivity contribution in [1.82, 2.24) is 5.32 Å². The van der Waals surface area contributed by atoms with E-state index >= 15 is 0 Å². The number of primary amides is 1. The maximum Gasteiger partial charge on any atom is 0.246 e. The zero-order valence-corrected chi connectivity index (χ0v) is 5.72. The van der Waals surface area contributed by atoms with Crippen molar-refractivity contribution in [1.29, 1.82) is 0 Å². The van der Waals surface area contributed by atoms with Gasteiger partial charge in [-0.15, -0.1) is 0 Å². The molecule has 0 aromatic carbocycles. The SMILES string of the molecule is COCC(=O)NCC(N)=O. The first-order chi connectivity index (χ1) is 4.66. The first-order valence-electron chi connectivity index (χ1n) is 2.70. The van der Waals surface area contributed by atoms with Crippen LogP contribution in [-0.4, -0.2) is 32.1 Å². The zero-order valence-electron chi connectivity index (χ0n) is 5.72. The monoisotopic (exact) mass is 146 g/mol. The van der Waals surface area contributed by atoms with E-state index in [4.69, 9.17) is 5.73 Å². The quantitative estimate of drug-likeness (QED) is 0.492. The van der Waals surface area contributed by atoms with Gasteiger partial charge in [0.1, 0.15) is 6.61 Å². The lowest BCUT2D eigenvalue weighted by Gasteiger charge is -1.99. The Morgan fingerprint density at radius 1 is 1.60 bits per heavy atom. The van der Waals surface area contributed by atoms with Gasteiger partial charge >= 0.3 is 0 Å². The molecule has 10 heavy (non-hydrogen) atoms. The summed E-state index contributed by atoms with van der Waals surface area (Å²) in [6.07, 6.45) is 0. The number of nitrogens with one attached hydrogen (secondary N) is 1. The van der Waals surface area contributed by atoms with Gasteiger partial charge in [0, 0.05) is 7.11 Å². The minimum Gasteiger partial charge on any atom is -0.375 e. The molecule has 0 aromatic heterocycles. The van der Waals surface area contributed by atoms with Crippen LogP contribution in [0.2, 0.25) is 0 Å². The van der Waals surface area contributed by atoms with Crippen molar-refractivity contribution >= 4 is 11.8 Å². The molecule has 0 aliphatic rings. The van der Waals surface area contributed by atoms with Gasteiger partial charge < -0.3 is 15.8 Å². The zero-order chi connectivity index (χ0) is 7.98. The van der Waals surface area contributed by atoms with E-state index in [9.17, 15) is 9.59 Å². The van der Waals surface area contributed by atoms with Gasteiger partial charge in [-0.25, -0.2) is 0 Å². The fraction of sp³-hybridized carbons (Fsp3) is 0.600. The number of hydrogen-bond acceptors (Lipinski definition) is 3. The molecule has 5 heteroatoms. The van der Waals surface area contributed by atoms with Crippen LogP contribution < -0.4 is 11.1 Å². The average molecular weight is 146 g/mol. The summed E-state index contributed by atoms with van der Waals surface area (Å²) in [5, 5.41) is 2.24. The number of hydrogen-bond donors (Lipinski definition) is 2. The Morgan fingerprint density at radius 3 is 2.60 bits per heavy atom. The minimum absolute atomic E-state index is 0.0483. The molecule has 0 saturated heterocycles. The Hall–Kier alpha value is -1.10. The van der Waals surface area contributed by atoms with Crippen molar-refractivity contribution in [3.63, 3.8) is 0 Å². The molecule has 0 unspecified atom stereocenters. The van der Waals surface area contributed by atoms with Crippen LogP contribution in [0.5, 0.6) is 0 Å². The molecule has 0 fully saturated rings. The van der Waals surface area contributed by atoms with Crippen molar-refractivity contribution < 1.29 is 14.3 Å². The summed E-state index contributed by atoms with van der Waals surface area (Å²) in [5.74, 6) is -0.911. The topological polar surface area (TPSA) is 81.4 Å². The maximum atomic E-state index is 10.5. The average Bonchev–Trinajstić information content (AvgIpc) is 1.85. The summed E-state index contributed by atoms with van der Waals surface area (Å²) < 4.78 is 4.47. The summed E-state index contributed by atoms with van der Waals surface area (Å²) in [6, 6.07) is 0. The van der Waals surface area contributed by atoms with E-state index in [-0.39, 0.29) is 19.1 Å². The third kappa shape index (κ3) is 5.04. The van der Waals surface area contributed by atoms with Crippen LogP contribution in [-0.2, 0) is 14.3 Å². The number of methoxy groups -OCH3 is 1. The number of nitrogens with two attached hydrogens (primary N) is 1. The van der Waals surface area contributed by atoms with Gasteiger partial charge in [0.15, 0.2) is 0 Å². The molecule has 0 saturated carbocycles. The number of ether oxygens (including phenoxy) is 1. The lowest BCUT2D eigenvalue weighted by molar-refractivity contribution is -0.127. The van der Waals surface area contributed by atoms with Crippen LogP contribution in [0.4, 0.5) is 0 Å². The second-order valence-electron chi connectivity index (χ2n) is 1.68. The molecule has 0 heterocycles. The molecular formula is C5H10N2O3. The molecule has 0 radical (unpaired) electrons. The largest absolute Gasteiger partial charge is 0.375 e. The predicted molar refractivity (Wildman–Crippen MR) is 34.1 cm³/mol. The highest BCUT2D eigenvalue weighted by Gasteiger charge is 1.99. The van der Waals surface area contributed by atoms with Crippen LogP contribution in [0.3, 0.4) is 0 Å². The van der Waals surface area contributed by atoms with E-state index < -0.39 is 5.91 Å². The molecule has 0 aromatic rings. The van der Waals surface area contributed by atoms with Gasteiger partial charge in [-0.3, -0.25) is 9.59 Å². The predicted octanol–water partition coefficient (Wildman–Crippen LogP) is -1.77. The molecule has 58 valence electrons. The van der Waals surface area contributed by atoms with Crippen LogP contribution in [0.1, 0.15) is 0 Å². The van der Waals surface area contributed by atoms with Gasteiger partial charge in [-0.05, 0) is 0 Å². The van der Waals surface area contributed by atoms with Gasteiger partial charge in [0.05, 0.1) is 6.54 Å². The Balaban J connectivity index is 3.30. The summed E-state index contributed by atoms with van der Waals surface area (Å²) in [6.45, 7) is -0.185. The highest BCUT2D eigenvalue weighted by atomic mass is 16.5. The maximum absolute atomic E-state index is 10.5. The summed E-state index contributed by atoms with van der Waals surface area (Å²) in [4.78, 5) is 20.6. The number of amides is 2. The van der Waals surface area contributed by atoms with E-state index in [1.54, 1.807) is 0 Å². The van der Waals surface area contributed by atoms with Crippen molar-refractivity contribution in [2.45, 2.75) is 0 Å². The third-order valence-corrected chi connectivity index (χ3v) is 0.735. The smallest absolute Gasteiger partial charge is 0.246 e. The molecular weight excluding hydrogens is 136 g/mol. The lowest BCUT2D eigenvalue weighted by Crippen LogP contribution is -2.35. The minimum atomic E-state index is -0.565. The summed E-state index contributed by atoms with van der Waals surface area (Å²) in [7, 11) is 1.39. The molecule has 0 aliphatic heterocycles. The Bertz CT molecular complexity index is 135. The Labute approximate surface area is 58.5 Å². The molecule has 0 spiro atoms. The van der Waals surface area contributed by atoms with E-state index in [2.05, 4.69) is 10.1 Å². The Morgan fingerprint density at radius 2 is 2.20 bits per heavy atom. The van der Waals surface area contributed by atoms with Crippen molar-refractivity contribution in [3.05, 3.63) is 0 Å². The van der Waals surface area contributed by atoms with Crippen LogP contribution >= 0.6 is 0 Å². The van der Waals surface area contributed by atoms with E-state index in [1.807, 2.05) is 0 Å². The van der Waals surface area contributed by atoms with Crippen LogP contribution in [0, 0.1) is 0 Å². The van der Waals surface area contributed by atoms with E-state index in [1.165, 1.54) is 7.11 Å². The molecule has 2 amide bonds. The molecule has 0 aliphatic carbocycles. The Kier molecular flexibility index (Phi) is 4.23. The van der Waals surface area contributed by atoms with Crippen molar-refractivity contribution in [2.24, 2.45) is 5.73 Å². The van der Waals surface area contributed by atoms with Gasteiger partial charge in [-0.1, -0.05) is 0 Å². The second-order valence-corrected chi connectivity index (χ2v) is 1.68. The third-order valence-electron chi connectivity index (χ3n) is 0.735. The highest BCUT2D eigenvalue weighted by molar-refractivity contribution is 5.84. The van der Waals surface area contributed by atoms with Crippen molar-refractivity contribution in [2.75, 3.05) is 20.3 Å². The first kappa shape index (κ1) is 8.90. The first-order valence-corrected chi connectivity index (χ1v) is 2.70. The van der Waals surface area contributed by atoms with Gasteiger partial charge in [0.2, 0.25) is 11.8 Å².